The van der Waals surface area contributed by atoms with E-state index in [9.17, 15) is 14.7 Å². The van der Waals surface area contributed by atoms with Gasteiger partial charge in [-0.05, 0) is 43.9 Å². The van der Waals surface area contributed by atoms with Gasteiger partial charge in [-0.2, -0.15) is 0 Å². The molecule has 5 rings (SSSR count). The zero-order valence-electron chi connectivity index (χ0n) is 15.8. The van der Waals surface area contributed by atoms with Gasteiger partial charge in [-0.1, -0.05) is 19.3 Å². The van der Waals surface area contributed by atoms with Crippen LogP contribution in [0, 0.1) is 23.7 Å². The summed E-state index contributed by atoms with van der Waals surface area (Å²) in [5.41, 5.74) is 1.20. The molecule has 1 aliphatic heterocycles. The van der Waals surface area contributed by atoms with E-state index in [1.807, 2.05) is 6.20 Å². The molecule has 6 heteroatoms. The number of carbonyl (C=O) groups is 2. The minimum Gasteiger partial charge on any atom is -0.481 e. The molecular formula is C21H29N3O3. The molecule has 0 aromatic carbocycles. The molecule has 1 unspecified atom stereocenters. The van der Waals surface area contributed by atoms with Gasteiger partial charge < -0.3 is 15.0 Å². The summed E-state index contributed by atoms with van der Waals surface area (Å²) < 4.78 is 2.37. The van der Waals surface area contributed by atoms with Crippen LogP contribution in [0.5, 0.6) is 0 Å². The highest BCUT2D eigenvalue weighted by Gasteiger charge is 2.57. The van der Waals surface area contributed by atoms with Crippen LogP contribution in [0.4, 0.5) is 0 Å². The number of rotatable bonds is 4. The number of amides is 1. The quantitative estimate of drug-likeness (QED) is 0.852. The Bertz CT molecular complexity index is 752. The summed E-state index contributed by atoms with van der Waals surface area (Å²) in [6.45, 7) is 0.883. The van der Waals surface area contributed by atoms with Crippen LogP contribution in [-0.2, 0) is 22.6 Å². The summed E-state index contributed by atoms with van der Waals surface area (Å²) in [4.78, 5) is 28.9. The average Bonchev–Trinajstić information content (AvgIpc) is 3.22. The lowest BCUT2D eigenvalue weighted by atomic mass is 9.88. The van der Waals surface area contributed by atoms with Crippen LogP contribution < -0.4 is 5.32 Å². The lowest BCUT2D eigenvalue weighted by Crippen LogP contribution is -2.42. The molecule has 5 atom stereocenters. The fourth-order valence-electron chi connectivity index (χ4n) is 5.93. The molecule has 6 nitrogen and oxygen atoms in total. The Hall–Kier alpha value is -1.85. The molecule has 2 N–H and O–H groups in total. The number of hydrogen-bond donors (Lipinski definition) is 2. The highest BCUT2D eigenvalue weighted by Crippen LogP contribution is 2.55. The smallest absolute Gasteiger partial charge is 0.306 e. The number of aromatic nitrogens is 2. The molecule has 2 heterocycles. The van der Waals surface area contributed by atoms with E-state index in [0.717, 1.165) is 25.8 Å². The largest absolute Gasteiger partial charge is 0.481 e. The van der Waals surface area contributed by atoms with E-state index in [1.165, 1.54) is 43.6 Å². The van der Waals surface area contributed by atoms with Crippen molar-refractivity contribution in [3.05, 3.63) is 17.7 Å². The van der Waals surface area contributed by atoms with Gasteiger partial charge in [0.2, 0.25) is 5.91 Å². The van der Waals surface area contributed by atoms with E-state index in [4.69, 9.17) is 4.98 Å². The molecule has 4 aliphatic rings. The van der Waals surface area contributed by atoms with Crippen LogP contribution in [0.3, 0.4) is 0 Å². The lowest BCUT2D eigenvalue weighted by Gasteiger charge is -2.28. The number of carboxylic acids is 1. The van der Waals surface area contributed by atoms with Crippen LogP contribution in [-0.4, -0.2) is 32.6 Å². The van der Waals surface area contributed by atoms with Crippen molar-refractivity contribution in [1.82, 2.24) is 14.9 Å². The van der Waals surface area contributed by atoms with Gasteiger partial charge in [0, 0.05) is 42.7 Å². The first kappa shape index (κ1) is 17.3. The number of aliphatic carboxylic acids is 1. The molecule has 0 bridgehead atoms. The first-order chi connectivity index (χ1) is 13.1. The number of fused-ring (bicyclic) bond motifs is 2. The van der Waals surface area contributed by atoms with Crippen molar-refractivity contribution in [2.24, 2.45) is 23.7 Å². The molecule has 27 heavy (non-hydrogen) atoms. The Labute approximate surface area is 159 Å². The van der Waals surface area contributed by atoms with E-state index in [0.29, 0.717) is 24.2 Å². The minimum atomic E-state index is -0.698. The molecule has 1 aromatic heterocycles. The lowest BCUT2D eigenvalue weighted by molar-refractivity contribution is -0.142. The van der Waals surface area contributed by atoms with Gasteiger partial charge in [0.05, 0.1) is 5.92 Å². The predicted octanol–water partition coefficient (Wildman–Crippen LogP) is 2.72. The Balaban J connectivity index is 1.22. The topological polar surface area (TPSA) is 84.2 Å². The maximum Gasteiger partial charge on any atom is 0.306 e. The summed E-state index contributed by atoms with van der Waals surface area (Å²) in [5, 5.41) is 12.5. The van der Waals surface area contributed by atoms with Crippen molar-refractivity contribution < 1.29 is 14.7 Å². The maximum absolute atomic E-state index is 12.8. The standard InChI is InChI=1S/C21H29N3O3/c25-20(23-18-10-17(21(26)27)15-9-16(15)18)13-6-7-24-14(8-13)11-22-19(24)12-4-2-1-3-5-12/h11-13,15-18H,1-10H2,(H,23,25)(H,26,27)/t13?,15-,16+,17-,18+/m1/s1. The summed E-state index contributed by atoms with van der Waals surface area (Å²) in [6, 6.07) is 0.0632. The van der Waals surface area contributed by atoms with Gasteiger partial charge in [0.25, 0.3) is 0 Å². The molecule has 3 aliphatic carbocycles. The van der Waals surface area contributed by atoms with Crippen LogP contribution in [0.1, 0.15) is 68.8 Å². The molecule has 1 amide bonds. The first-order valence-electron chi connectivity index (χ1n) is 10.7. The van der Waals surface area contributed by atoms with E-state index >= 15 is 0 Å². The van der Waals surface area contributed by atoms with Crippen molar-refractivity contribution in [1.29, 1.82) is 0 Å². The van der Waals surface area contributed by atoms with Crippen molar-refractivity contribution in [2.75, 3.05) is 0 Å². The zero-order valence-corrected chi connectivity index (χ0v) is 15.8. The Morgan fingerprint density at radius 3 is 2.67 bits per heavy atom. The highest BCUT2D eigenvalue weighted by atomic mass is 16.4. The Kier molecular flexibility index (Phi) is 4.25. The van der Waals surface area contributed by atoms with Crippen molar-refractivity contribution in [2.45, 2.75) is 76.3 Å². The number of nitrogens with one attached hydrogen (secondary N) is 1. The Morgan fingerprint density at radius 2 is 1.93 bits per heavy atom. The first-order valence-corrected chi connectivity index (χ1v) is 10.7. The molecule has 0 saturated heterocycles. The number of hydrogen-bond acceptors (Lipinski definition) is 3. The van der Waals surface area contributed by atoms with Crippen molar-refractivity contribution in [3.63, 3.8) is 0 Å². The van der Waals surface area contributed by atoms with Gasteiger partial charge in [-0.25, -0.2) is 4.98 Å². The molecule has 146 valence electrons. The zero-order chi connectivity index (χ0) is 18.5. The third-order valence-corrected chi connectivity index (χ3v) is 7.54. The van der Waals surface area contributed by atoms with Gasteiger partial charge >= 0.3 is 5.97 Å². The number of imidazole rings is 1. The van der Waals surface area contributed by atoms with E-state index < -0.39 is 5.97 Å². The number of nitrogens with zero attached hydrogens (tertiary/aromatic N) is 2. The molecule has 0 radical (unpaired) electrons. The van der Waals surface area contributed by atoms with E-state index in [1.54, 1.807) is 0 Å². The molecule has 3 fully saturated rings. The third kappa shape index (κ3) is 3.07. The summed E-state index contributed by atoms with van der Waals surface area (Å²) in [7, 11) is 0. The second-order valence-electron chi connectivity index (χ2n) is 9.14. The molecule has 3 saturated carbocycles. The fraction of sp³-hybridized carbons (Fsp3) is 0.762. The summed E-state index contributed by atoms with van der Waals surface area (Å²) in [6.07, 6.45) is 11.6. The molecular weight excluding hydrogens is 342 g/mol. The van der Waals surface area contributed by atoms with E-state index in [-0.39, 0.29) is 23.8 Å². The van der Waals surface area contributed by atoms with Crippen LogP contribution >= 0.6 is 0 Å². The average molecular weight is 371 g/mol. The van der Waals surface area contributed by atoms with Gasteiger partial charge in [0.1, 0.15) is 5.82 Å². The second kappa shape index (κ2) is 6.64. The predicted molar refractivity (Wildman–Crippen MR) is 99.1 cm³/mol. The van der Waals surface area contributed by atoms with Gasteiger partial charge in [-0.3, -0.25) is 9.59 Å². The van der Waals surface area contributed by atoms with Crippen molar-refractivity contribution in [3.8, 4) is 0 Å². The van der Waals surface area contributed by atoms with Crippen LogP contribution in [0.2, 0.25) is 0 Å². The normalized spacial score (nSPS) is 35.3. The number of carbonyl (C=O) groups excluding carboxylic acids is 1. The fourth-order valence-corrected chi connectivity index (χ4v) is 5.93. The van der Waals surface area contributed by atoms with Gasteiger partial charge in [0.15, 0.2) is 0 Å². The number of carboxylic acid groups (broad SMARTS) is 1. The SMILES string of the molecule is O=C(N[C@H]1C[C@@H](C(=O)O)[C@@H]2C[C@@H]21)C1CCn2c(cnc2C2CCCCC2)C1. The molecule has 1 aromatic rings. The maximum atomic E-state index is 12.8. The second-order valence-corrected chi connectivity index (χ2v) is 9.14. The summed E-state index contributed by atoms with van der Waals surface area (Å²) in [5.74, 6) is 1.67. The van der Waals surface area contributed by atoms with Crippen LogP contribution in [0.25, 0.3) is 0 Å². The van der Waals surface area contributed by atoms with Crippen molar-refractivity contribution >= 4 is 11.9 Å². The van der Waals surface area contributed by atoms with E-state index in [2.05, 4.69) is 9.88 Å². The summed E-state index contributed by atoms with van der Waals surface area (Å²) >= 11 is 0. The molecule has 0 spiro atoms. The monoisotopic (exact) mass is 371 g/mol. The minimum absolute atomic E-state index is 0.00511. The Morgan fingerprint density at radius 1 is 1.11 bits per heavy atom. The highest BCUT2D eigenvalue weighted by molar-refractivity contribution is 5.80. The third-order valence-electron chi connectivity index (χ3n) is 7.54. The van der Waals surface area contributed by atoms with Gasteiger partial charge in [-0.15, -0.1) is 0 Å². The van der Waals surface area contributed by atoms with Crippen LogP contribution in [0.15, 0.2) is 6.20 Å².